The van der Waals surface area contributed by atoms with Crippen molar-refractivity contribution in [2.45, 2.75) is 26.3 Å². The molecule has 0 aromatic heterocycles. The van der Waals surface area contributed by atoms with E-state index in [1.807, 2.05) is 12.1 Å². The van der Waals surface area contributed by atoms with Crippen LogP contribution in [0.4, 0.5) is 5.69 Å². The van der Waals surface area contributed by atoms with Gasteiger partial charge in [-0.1, -0.05) is 18.2 Å². The molecule has 0 radical (unpaired) electrons. The SMILES string of the molecule is CC1=CC(C)(C)N2COC(=O)c3cccc1c32. The topological polar surface area (TPSA) is 29.5 Å². The van der Waals surface area contributed by atoms with Crippen LogP contribution in [-0.2, 0) is 4.74 Å². The minimum Gasteiger partial charge on any atom is -0.441 e. The highest BCUT2D eigenvalue weighted by atomic mass is 16.5. The average Bonchev–Trinajstić information content (AvgIpc) is 2.26. The number of hydrogen-bond acceptors (Lipinski definition) is 3. The monoisotopic (exact) mass is 229 g/mol. The Kier molecular flexibility index (Phi) is 1.91. The lowest BCUT2D eigenvalue weighted by atomic mass is 9.87. The number of ether oxygens (including phenoxy) is 1. The first-order chi connectivity index (χ1) is 8.00. The number of rotatable bonds is 0. The molecule has 0 saturated heterocycles. The summed E-state index contributed by atoms with van der Waals surface area (Å²) in [6, 6.07) is 5.81. The molecule has 0 N–H and O–H groups in total. The van der Waals surface area contributed by atoms with E-state index >= 15 is 0 Å². The van der Waals surface area contributed by atoms with E-state index in [-0.39, 0.29) is 11.5 Å². The standard InChI is InChI=1S/C14H15NO2/c1-9-7-14(2,3)15-8-17-13(16)11-6-4-5-10(9)12(11)15/h4-7H,8H2,1-3H3. The Balaban J connectivity index is 2.33. The van der Waals surface area contributed by atoms with E-state index in [0.29, 0.717) is 12.3 Å². The number of carbonyl (C=O) groups excluding carboxylic acids is 1. The van der Waals surface area contributed by atoms with Gasteiger partial charge in [0.2, 0.25) is 0 Å². The van der Waals surface area contributed by atoms with Gasteiger partial charge in [-0.05, 0) is 32.4 Å². The van der Waals surface area contributed by atoms with Crippen LogP contribution in [-0.4, -0.2) is 18.2 Å². The van der Waals surface area contributed by atoms with Crippen molar-refractivity contribution in [2.75, 3.05) is 11.6 Å². The van der Waals surface area contributed by atoms with Gasteiger partial charge < -0.3 is 9.64 Å². The van der Waals surface area contributed by atoms with Crippen molar-refractivity contribution in [2.24, 2.45) is 0 Å². The van der Waals surface area contributed by atoms with Crippen molar-refractivity contribution in [1.82, 2.24) is 0 Å². The van der Waals surface area contributed by atoms with Gasteiger partial charge in [-0.3, -0.25) is 0 Å². The number of hydrogen-bond donors (Lipinski definition) is 0. The van der Waals surface area contributed by atoms with E-state index in [4.69, 9.17) is 4.74 Å². The molecule has 0 spiro atoms. The van der Waals surface area contributed by atoms with Crippen LogP contribution in [0.1, 0.15) is 36.7 Å². The molecule has 17 heavy (non-hydrogen) atoms. The normalized spacial score (nSPS) is 20.5. The van der Waals surface area contributed by atoms with Gasteiger partial charge in [-0.15, -0.1) is 0 Å². The second kappa shape index (κ2) is 3.13. The molecule has 3 heteroatoms. The van der Waals surface area contributed by atoms with Gasteiger partial charge in [-0.25, -0.2) is 4.79 Å². The largest absolute Gasteiger partial charge is 0.441 e. The van der Waals surface area contributed by atoms with Crippen LogP contribution in [0.5, 0.6) is 0 Å². The average molecular weight is 229 g/mol. The summed E-state index contributed by atoms with van der Waals surface area (Å²) in [5, 5.41) is 0. The number of carbonyl (C=O) groups is 1. The molecule has 2 heterocycles. The fourth-order valence-electron chi connectivity index (χ4n) is 2.72. The van der Waals surface area contributed by atoms with Gasteiger partial charge in [0, 0.05) is 5.56 Å². The molecule has 0 fully saturated rings. The van der Waals surface area contributed by atoms with E-state index in [0.717, 1.165) is 11.3 Å². The van der Waals surface area contributed by atoms with E-state index in [9.17, 15) is 4.79 Å². The minimum absolute atomic E-state index is 0.117. The van der Waals surface area contributed by atoms with Gasteiger partial charge in [0.1, 0.15) is 0 Å². The molecule has 1 aromatic carbocycles. The summed E-state index contributed by atoms with van der Waals surface area (Å²) >= 11 is 0. The van der Waals surface area contributed by atoms with Crippen molar-refractivity contribution in [3.63, 3.8) is 0 Å². The zero-order valence-corrected chi connectivity index (χ0v) is 10.3. The van der Waals surface area contributed by atoms with E-state index in [2.05, 4.69) is 37.8 Å². The first kappa shape index (κ1) is 10.4. The zero-order chi connectivity index (χ0) is 12.2. The van der Waals surface area contributed by atoms with Crippen LogP contribution in [0.15, 0.2) is 24.3 Å². The summed E-state index contributed by atoms with van der Waals surface area (Å²) in [6.07, 6.45) is 2.22. The Morgan fingerprint density at radius 1 is 1.29 bits per heavy atom. The maximum absolute atomic E-state index is 11.8. The Bertz CT molecular complexity index is 543. The molecule has 2 aliphatic heterocycles. The number of nitrogens with zero attached hydrogens (tertiary/aromatic N) is 1. The summed E-state index contributed by atoms with van der Waals surface area (Å²) < 4.78 is 5.23. The van der Waals surface area contributed by atoms with Crippen LogP contribution >= 0.6 is 0 Å². The van der Waals surface area contributed by atoms with Crippen molar-refractivity contribution in [1.29, 1.82) is 0 Å². The number of anilines is 1. The summed E-state index contributed by atoms with van der Waals surface area (Å²) in [6.45, 7) is 6.69. The molecule has 0 atom stereocenters. The molecule has 0 aliphatic carbocycles. The van der Waals surface area contributed by atoms with Crippen LogP contribution < -0.4 is 4.90 Å². The predicted octanol–water partition coefficient (Wildman–Crippen LogP) is 2.82. The summed E-state index contributed by atoms with van der Waals surface area (Å²) in [5.74, 6) is -0.219. The highest BCUT2D eigenvalue weighted by molar-refractivity contribution is 6.01. The summed E-state index contributed by atoms with van der Waals surface area (Å²) in [5.41, 5.74) is 3.94. The Morgan fingerprint density at radius 2 is 2.00 bits per heavy atom. The lowest BCUT2D eigenvalue weighted by Crippen LogP contribution is -2.49. The van der Waals surface area contributed by atoms with Crippen LogP contribution in [0.25, 0.3) is 5.57 Å². The first-order valence-electron chi connectivity index (χ1n) is 5.78. The molecule has 2 aliphatic rings. The fourth-order valence-corrected chi connectivity index (χ4v) is 2.72. The van der Waals surface area contributed by atoms with Gasteiger partial charge in [0.15, 0.2) is 6.73 Å². The molecule has 0 saturated carbocycles. The van der Waals surface area contributed by atoms with Crippen LogP contribution in [0.2, 0.25) is 0 Å². The second-order valence-corrected chi connectivity index (χ2v) is 5.17. The first-order valence-corrected chi connectivity index (χ1v) is 5.78. The number of allylic oxidation sites excluding steroid dienone is 1. The smallest absolute Gasteiger partial charge is 0.341 e. The number of esters is 1. The van der Waals surface area contributed by atoms with Gasteiger partial charge in [0.25, 0.3) is 0 Å². The highest BCUT2D eigenvalue weighted by Crippen LogP contribution is 2.42. The van der Waals surface area contributed by atoms with Gasteiger partial charge >= 0.3 is 5.97 Å². The van der Waals surface area contributed by atoms with Gasteiger partial charge in [-0.2, -0.15) is 0 Å². The van der Waals surface area contributed by atoms with Crippen molar-refractivity contribution in [3.8, 4) is 0 Å². The maximum Gasteiger partial charge on any atom is 0.341 e. The third kappa shape index (κ3) is 1.32. The van der Waals surface area contributed by atoms with Crippen LogP contribution in [0, 0.1) is 0 Å². The van der Waals surface area contributed by atoms with Crippen molar-refractivity contribution in [3.05, 3.63) is 35.4 Å². The quantitative estimate of drug-likeness (QED) is 0.641. The third-order valence-electron chi connectivity index (χ3n) is 3.54. The summed E-state index contributed by atoms with van der Waals surface area (Å²) in [7, 11) is 0. The van der Waals surface area contributed by atoms with Gasteiger partial charge in [0.05, 0.1) is 16.8 Å². The highest BCUT2D eigenvalue weighted by Gasteiger charge is 2.37. The van der Waals surface area contributed by atoms with E-state index in [1.165, 1.54) is 5.57 Å². The molecule has 1 aromatic rings. The molecule has 0 bridgehead atoms. The van der Waals surface area contributed by atoms with E-state index in [1.54, 1.807) is 0 Å². The Labute approximate surface area is 101 Å². The molecule has 0 amide bonds. The second-order valence-electron chi connectivity index (χ2n) is 5.17. The van der Waals surface area contributed by atoms with Crippen molar-refractivity contribution >= 4 is 17.2 Å². The fraction of sp³-hybridized carbons (Fsp3) is 0.357. The van der Waals surface area contributed by atoms with Crippen molar-refractivity contribution < 1.29 is 9.53 Å². The molecule has 3 rings (SSSR count). The Hall–Kier alpha value is -1.77. The molecular weight excluding hydrogens is 214 g/mol. The van der Waals surface area contributed by atoms with E-state index < -0.39 is 0 Å². The molecule has 0 unspecified atom stereocenters. The number of benzene rings is 1. The predicted molar refractivity (Wildman–Crippen MR) is 66.9 cm³/mol. The Morgan fingerprint density at radius 3 is 2.76 bits per heavy atom. The summed E-state index contributed by atoms with van der Waals surface area (Å²) in [4.78, 5) is 13.9. The zero-order valence-electron chi connectivity index (χ0n) is 10.3. The third-order valence-corrected chi connectivity index (χ3v) is 3.54. The molecular formula is C14H15NO2. The van der Waals surface area contributed by atoms with Crippen LogP contribution in [0.3, 0.4) is 0 Å². The lowest BCUT2D eigenvalue weighted by molar-refractivity contribution is 0.0463. The maximum atomic E-state index is 11.8. The number of cyclic esters (lactones) is 1. The minimum atomic E-state index is -0.219. The molecule has 88 valence electrons. The lowest BCUT2D eigenvalue weighted by Gasteiger charge is -2.45. The number of para-hydroxylation sites is 1. The molecule has 3 nitrogen and oxygen atoms in total.